The van der Waals surface area contributed by atoms with Crippen molar-refractivity contribution in [3.8, 4) is 61.7 Å². The highest BCUT2D eigenvalue weighted by atomic mass is 15.3. The third-order valence-electron chi connectivity index (χ3n) is 13.0. The van der Waals surface area contributed by atoms with E-state index in [1.807, 2.05) is 6.07 Å². The molecule has 4 nitrogen and oxygen atoms in total. The molecule has 13 aromatic rings. The molecule has 10 aromatic carbocycles. The molecule has 3 aromatic heterocycles. The zero-order valence-corrected chi connectivity index (χ0v) is 35.2. The van der Waals surface area contributed by atoms with Crippen LogP contribution in [0.5, 0.6) is 0 Å². The lowest BCUT2D eigenvalue weighted by Gasteiger charge is -2.12. The summed E-state index contributed by atoms with van der Waals surface area (Å²) < 4.78 is 2.14. The van der Waals surface area contributed by atoms with Crippen LogP contribution in [-0.4, -0.2) is 19.7 Å². The fourth-order valence-corrected chi connectivity index (χ4v) is 9.72. The van der Waals surface area contributed by atoms with Crippen molar-refractivity contribution < 1.29 is 0 Å². The Labute approximate surface area is 375 Å². The van der Waals surface area contributed by atoms with Gasteiger partial charge in [-0.1, -0.05) is 188 Å². The minimum absolute atomic E-state index is 0.914. The van der Waals surface area contributed by atoms with Crippen LogP contribution in [-0.2, 0) is 0 Å². The molecule has 0 atom stereocenters. The highest BCUT2D eigenvalue weighted by molar-refractivity contribution is 6.17. The molecule has 0 amide bonds. The van der Waals surface area contributed by atoms with E-state index in [4.69, 9.17) is 15.1 Å². The number of benzene rings is 10. The second-order valence-electron chi connectivity index (χ2n) is 16.8. The Kier molecular flexibility index (Phi) is 8.50. The Hall–Kier alpha value is -8.73. The van der Waals surface area contributed by atoms with Gasteiger partial charge >= 0.3 is 0 Å². The van der Waals surface area contributed by atoms with Crippen molar-refractivity contribution in [2.75, 3.05) is 0 Å². The molecule has 0 aliphatic rings. The normalized spacial score (nSPS) is 11.7. The molecule has 0 fully saturated rings. The van der Waals surface area contributed by atoms with Crippen LogP contribution >= 0.6 is 0 Å². The van der Waals surface area contributed by atoms with E-state index in [2.05, 4.69) is 229 Å². The van der Waals surface area contributed by atoms with Crippen molar-refractivity contribution in [2.24, 2.45) is 0 Å². The molecule has 0 unspecified atom stereocenters. The van der Waals surface area contributed by atoms with Gasteiger partial charge in [0.2, 0.25) is 0 Å². The Morgan fingerprint density at radius 1 is 0.308 bits per heavy atom. The molecule has 4 heteroatoms. The number of hydrogen-bond acceptors (Lipinski definition) is 3. The standard InChI is InChI=1S/C61H38N4/c1-4-12-40(13-5-1)54-38-46-18-10-11-19-53(46)61-57(54)58(42-16-8-3-9-17-42)64-65(61)50-30-24-39(25-31-50)45-26-32-51-47(36-45)22-23-48-37-49(27-33-52(48)51)56-35-29-44-21-20-43-28-34-55(41-14-6-2-7-15-41)62-59(43)60(44)63-56/h1-38H. The first kappa shape index (κ1) is 36.9. The van der Waals surface area contributed by atoms with E-state index in [-0.39, 0.29) is 0 Å². The summed E-state index contributed by atoms with van der Waals surface area (Å²) in [4.78, 5) is 10.4. The Morgan fingerprint density at radius 3 is 1.46 bits per heavy atom. The van der Waals surface area contributed by atoms with Gasteiger partial charge in [-0.25, -0.2) is 14.6 Å². The molecule has 3 heterocycles. The van der Waals surface area contributed by atoms with Crippen molar-refractivity contribution in [1.29, 1.82) is 0 Å². The lowest BCUT2D eigenvalue weighted by Crippen LogP contribution is -1.97. The third-order valence-corrected chi connectivity index (χ3v) is 13.0. The largest absolute Gasteiger partial charge is 0.245 e. The van der Waals surface area contributed by atoms with Crippen LogP contribution in [0.3, 0.4) is 0 Å². The Bertz CT molecular complexity index is 3970. The average Bonchev–Trinajstić information content (AvgIpc) is 3.80. The number of pyridine rings is 2. The topological polar surface area (TPSA) is 43.6 Å². The molecule has 65 heavy (non-hydrogen) atoms. The van der Waals surface area contributed by atoms with Gasteiger partial charge in [0.25, 0.3) is 0 Å². The van der Waals surface area contributed by atoms with E-state index in [0.717, 1.165) is 77.7 Å². The summed E-state index contributed by atoms with van der Waals surface area (Å²) in [5.41, 5.74) is 14.7. The van der Waals surface area contributed by atoms with Crippen LogP contribution < -0.4 is 0 Å². The molecule has 13 rings (SSSR count). The van der Waals surface area contributed by atoms with Crippen LogP contribution in [0.2, 0.25) is 0 Å². The predicted molar refractivity (Wildman–Crippen MR) is 271 cm³/mol. The van der Waals surface area contributed by atoms with Gasteiger partial charge in [0, 0.05) is 38.2 Å². The van der Waals surface area contributed by atoms with Gasteiger partial charge in [-0.2, -0.15) is 5.10 Å². The van der Waals surface area contributed by atoms with Crippen molar-refractivity contribution >= 4 is 65.0 Å². The summed E-state index contributed by atoms with van der Waals surface area (Å²) in [7, 11) is 0. The minimum atomic E-state index is 0.914. The quantitative estimate of drug-likeness (QED) is 0.157. The molecule has 302 valence electrons. The van der Waals surface area contributed by atoms with Gasteiger partial charge in [-0.3, -0.25) is 0 Å². The summed E-state index contributed by atoms with van der Waals surface area (Å²) in [6, 6.07) is 82.2. The minimum Gasteiger partial charge on any atom is -0.245 e. The third kappa shape index (κ3) is 6.26. The van der Waals surface area contributed by atoms with Crippen LogP contribution in [0.4, 0.5) is 0 Å². The van der Waals surface area contributed by atoms with Gasteiger partial charge < -0.3 is 0 Å². The smallest absolute Gasteiger partial charge is 0.101 e. The number of nitrogens with zero attached hydrogens (tertiary/aromatic N) is 4. The zero-order chi connectivity index (χ0) is 42.8. The average molecular weight is 827 g/mol. The highest BCUT2D eigenvalue weighted by Gasteiger charge is 2.21. The van der Waals surface area contributed by atoms with E-state index in [0.29, 0.717) is 0 Å². The van der Waals surface area contributed by atoms with Crippen molar-refractivity contribution in [3.05, 3.63) is 231 Å². The SMILES string of the molecule is c1ccc(-c2ccc3ccc4ccc(-c5ccc6c(ccc7cc(-c8ccc(-n9nc(-c%10ccccc%10)c%10c(-c%11ccccc%11)cc%11ccccc%11c%109)cc8)ccc76)c5)nc4c3n2)cc1. The molecule has 0 spiro atoms. The molecule has 0 saturated heterocycles. The first-order valence-electron chi connectivity index (χ1n) is 22.1. The number of fused-ring (bicyclic) bond motifs is 9. The molecule has 0 radical (unpaired) electrons. The maximum atomic E-state index is 5.41. The summed E-state index contributed by atoms with van der Waals surface area (Å²) >= 11 is 0. The number of rotatable bonds is 6. The molecular formula is C61H38N4. The number of aromatic nitrogens is 4. The monoisotopic (exact) mass is 826 g/mol. The summed E-state index contributed by atoms with van der Waals surface area (Å²) in [5.74, 6) is 0. The molecule has 0 N–H and O–H groups in total. The van der Waals surface area contributed by atoms with Crippen molar-refractivity contribution in [3.63, 3.8) is 0 Å². The van der Waals surface area contributed by atoms with Gasteiger partial charge in [-0.05, 0) is 91.6 Å². The first-order chi connectivity index (χ1) is 32.2. The van der Waals surface area contributed by atoms with Gasteiger partial charge in [0.05, 0.1) is 33.6 Å². The van der Waals surface area contributed by atoms with E-state index < -0.39 is 0 Å². The first-order valence-corrected chi connectivity index (χ1v) is 22.1. The van der Waals surface area contributed by atoms with Gasteiger partial charge in [0.15, 0.2) is 0 Å². The van der Waals surface area contributed by atoms with Gasteiger partial charge in [-0.15, -0.1) is 0 Å². The molecule has 0 aliphatic heterocycles. The van der Waals surface area contributed by atoms with Crippen LogP contribution in [0.25, 0.3) is 127 Å². The molecular weight excluding hydrogens is 789 g/mol. The maximum absolute atomic E-state index is 5.41. The molecule has 0 aliphatic carbocycles. The summed E-state index contributed by atoms with van der Waals surface area (Å²) in [6.45, 7) is 0. The summed E-state index contributed by atoms with van der Waals surface area (Å²) in [5, 5.41) is 15.9. The lowest BCUT2D eigenvalue weighted by molar-refractivity contribution is 0.918. The maximum Gasteiger partial charge on any atom is 0.101 e. The number of hydrogen-bond donors (Lipinski definition) is 0. The van der Waals surface area contributed by atoms with Crippen LogP contribution in [0.15, 0.2) is 231 Å². The molecule has 0 bridgehead atoms. The fraction of sp³-hybridized carbons (Fsp3) is 0. The summed E-state index contributed by atoms with van der Waals surface area (Å²) in [6.07, 6.45) is 0. The van der Waals surface area contributed by atoms with Gasteiger partial charge in [0.1, 0.15) is 5.69 Å². The van der Waals surface area contributed by atoms with Crippen LogP contribution in [0, 0.1) is 0 Å². The second-order valence-corrected chi connectivity index (χ2v) is 16.8. The Balaban J connectivity index is 0.861. The molecule has 0 saturated carbocycles. The lowest BCUT2D eigenvalue weighted by atomic mass is 9.94. The van der Waals surface area contributed by atoms with Crippen molar-refractivity contribution in [1.82, 2.24) is 19.7 Å². The van der Waals surface area contributed by atoms with Crippen LogP contribution in [0.1, 0.15) is 0 Å². The highest BCUT2D eigenvalue weighted by Crippen LogP contribution is 2.42. The van der Waals surface area contributed by atoms with E-state index in [1.54, 1.807) is 0 Å². The Morgan fingerprint density at radius 2 is 0.800 bits per heavy atom. The van der Waals surface area contributed by atoms with E-state index in [9.17, 15) is 0 Å². The second kappa shape index (κ2) is 15.0. The van der Waals surface area contributed by atoms with E-state index >= 15 is 0 Å². The van der Waals surface area contributed by atoms with E-state index in [1.165, 1.54) is 49.0 Å². The van der Waals surface area contributed by atoms with Crippen molar-refractivity contribution in [2.45, 2.75) is 0 Å². The predicted octanol–water partition coefficient (Wildman–Crippen LogP) is 15.9. The fourth-order valence-electron chi connectivity index (χ4n) is 9.72. The zero-order valence-electron chi connectivity index (χ0n) is 35.2.